The van der Waals surface area contributed by atoms with Crippen LogP contribution in [0.25, 0.3) is 11.3 Å². The number of anilines is 1. The number of nitrogens with one attached hydrogen (secondary N) is 1. The Labute approximate surface area is 159 Å². The van der Waals surface area contributed by atoms with Crippen LogP contribution in [-0.2, 0) is 16.6 Å². The predicted octanol–water partition coefficient (Wildman–Crippen LogP) is 3.36. The van der Waals surface area contributed by atoms with Crippen LogP contribution in [0.1, 0.15) is 0 Å². The molecule has 0 amide bonds. The molecule has 1 aliphatic heterocycles. The molecule has 0 bridgehead atoms. The number of imidazole rings is 1. The van der Waals surface area contributed by atoms with Crippen molar-refractivity contribution in [2.45, 2.75) is 16.6 Å². The van der Waals surface area contributed by atoms with Crippen molar-refractivity contribution in [3.05, 3.63) is 64.8 Å². The summed E-state index contributed by atoms with van der Waals surface area (Å²) in [5.74, 6) is 1.03. The molecule has 10 heteroatoms. The molecule has 27 heavy (non-hydrogen) atoms. The van der Waals surface area contributed by atoms with Gasteiger partial charge in [0.05, 0.1) is 15.5 Å². The van der Waals surface area contributed by atoms with Crippen LogP contribution in [0.5, 0.6) is 0 Å². The number of fused-ring (bicyclic) bond motifs is 1. The molecule has 4 rings (SSSR count). The number of nitro benzene ring substituents is 1. The summed E-state index contributed by atoms with van der Waals surface area (Å²) >= 11 is 1.71. The number of aromatic nitrogens is 2. The molecule has 0 unspecified atom stereocenters. The van der Waals surface area contributed by atoms with Crippen LogP contribution in [0.15, 0.2) is 64.8 Å². The summed E-state index contributed by atoms with van der Waals surface area (Å²) in [6, 6.07) is 11.8. The number of thioether (sulfide) groups is 1. The van der Waals surface area contributed by atoms with Gasteiger partial charge in [-0.15, -0.1) is 0 Å². The zero-order valence-electron chi connectivity index (χ0n) is 13.9. The van der Waals surface area contributed by atoms with Crippen molar-refractivity contribution < 1.29 is 13.3 Å². The second-order valence-electron chi connectivity index (χ2n) is 5.89. The summed E-state index contributed by atoms with van der Waals surface area (Å²) in [5, 5.41) is 11.8. The van der Waals surface area contributed by atoms with Gasteiger partial charge in [0.1, 0.15) is 0 Å². The molecule has 8 nitrogen and oxygen atoms in total. The van der Waals surface area contributed by atoms with Crippen molar-refractivity contribution in [3.8, 4) is 11.3 Å². The Bertz CT molecular complexity index is 1100. The second-order valence-corrected chi connectivity index (χ2v) is 8.63. The van der Waals surface area contributed by atoms with Gasteiger partial charge in [0, 0.05) is 41.9 Å². The van der Waals surface area contributed by atoms with Gasteiger partial charge in [-0.05, 0) is 18.2 Å². The Balaban J connectivity index is 1.55. The first-order valence-electron chi connectivity index (χ1n) is 8.00. The van der Waals surface area contributed by atoms with Crippen LogP contribution in [0.2, 0.25) is 0 Å². The maximum Gasteiger partial charge on any atom is 0.270 e. The lowest BCUT2D eigenvalue weighted by Gasteiger charge is -2.08. The monoisotopic (exact) mass is 402 g/mol. The van der Waals surface area contributed by atoms with Gasteiger partial charge in [-0.3, -0.25) is 14.8 Å². The van der Waals surface area contributed by atoms with Crippen molar-refractivity contribution in [2.24, 2.45) is 0 Å². The fourth-order valence-corrected chi connectivity index (χ4v) is 4.78. The van der Waals surface area contributed by atoms with E-state index in [1.54, 1.807) is 36.0 Å². The number of aryl methyl sites for hydroxylation is 1. The van der Waals surface area contributed by atoms with E-state index >= 15 is 0 Å². The van der Waals surface area contributed by atoms with Gasteiger partial charge in [0.25, 0.3) is 15.7 Å². The van der Waals surface area contributed by atoms with Gasteiger partial charge >= 0.3 is 0 Å². The number of nitrogens with zero attached hydrogens (tertiary/aromatic N) is 3. The number of hydrogen-bond acceptors (Lipinski definition) is 6. The number of non-ortho nitro benzene ring substituents is 1. The molecule has 1 N–H and O–H groups in total. The molecule has 0 radical (unpaired) electrons. The van der Waals surface area contributed by atoms with E-state index in [-0.39, 0.29) is 10.6 Å². The van der Waals surface area contributed by atoms with Crippen molar-refractivity contribution in [1.82, 2.24) is 9.55 Å². The summed E-state index contributed by atoms with van der Waals surface area (Å²) in [4.78, 5) is 14.6. The lowest BCUT2D eigenvalue weighted by atomic mass is 10.1. The molecule has 1 aliphatic rings. The summed E-state index contributed by atoms with van der Waals surface area (Å²) in [6.45, 7) is 0.939. The first-order valence-corrected chi connectivity index (χ1v) is 10.5. The maximum absolute atomic E-state index is 12.5. The molecule has 0 atom stereocenters. The van der Waals surface area contributed by atoms with Crippen LogP contribution < -0.4 is 4.72 Å². The molecular formula is C17H14N4O4S2. The highest BCUT2D eigenvalue weighted by Gasteiger charge is 2.18. The first-order chi connectivity index (χ1) is 12.9. The average Bonchev–Trinajstić information content (AvgIpc) is 3.24. The fraction of sp³-hybridized carbons (Fsp3) is 0.118. The van der Waals surface area contributed by atoms with Crippen molar-refractivity contribution >= 4 is 33.2 Å². The molecule has 1 aromatic heterocycles. The Morgan fingerprint density at radius 3 is 2.67 bits per heavy atom. The predicted molar refractivity (Wildman–Crippen MR) is 102 cm³/mol. The average molecular weight is 402 g/mol. The Morgan fingerprint density at radius 1 is 1.19 bits per heavy atom. The van der Waals surface area contributed by atoms with E-state index in [4.69, 9.17) is 0 Å². The minimum Gasteiger partial charge on any atom is -0.325 e. The highest BCUT2D eigenvalue weighted by Crippen LogP contribution is 2.29. The van der Waals surface area contributed by atoms with Crippen molar-refractivity contribution in [1.29, 1.82) is 0 Å². The quantitative estimate of drug-likeness (QED) is 0.518. The standard InChI is InChI=1S/C17H14N4O4S2/c22-21(23)14-2-1-3-15(10-14)27(24,25)19-13-6-4-12(5-7-13)16-11-20-8-9-26-17(20)18-16/h1-7,10-11,19H,8-9H2. The SMILES string of the molecule is O=[N+]([O-])c1cccc(S(=O)(=O)Nc2ccc(-c3cn4c(n3)SCC4)cc2)c1. The molecule has 3 aromatic rings. The number of nitro groups is 1. The largest absolute Gasteiger partial charge is 0.325 e. The normalized spacial score (nSPS) is 13.3. The lowest BCUT2D eigenvalue weighted by Crippen LogP contribution is -2.13. The van der Waals surface area contributed by atoms with Crippen LogP contribution in [0.4, 0.5) is 11.4 Å². The number of rotatable bonds is 5. The van der Waals surface area contributed by atoms with Gasteiger partial charge in [-0.2, -0.15) is 0 Å². The van der Waals surface area contributed by atoms with Crippen molar-refractivity contribution in [2.75, 3.05) is 10.5 Å². The maximum atomic E-state index is 12.5. The number of hydrogen-bond donors (Lipinski definition) is 1. The third kappa shape index (κ3) is 3.53. The zero-order chi connectivity index (χ0) is 19.0. The molecule has 138 valence electrons. The minimum absolute atomic E-state index is 0.164. The van der Waals surface area contributed by atoms with E-state index in [0.717, 1.165) is 34.8 Å². The van der Waals surface area contributed by atoms with E-state index < -0.39 is 14.9 Å². The fourth-order valence-electron chi connectivity index (χ4n) is 2.74. The van der Waals surface area contributed by atoms with Crippen LogP contribution in [-0.4, -0.2) is 28.6 Å². The molecule has 2 heterocycles. The minimum atomic E-state index is -3.92. The molecule has 2 aromatic carbocycles. The summed E-state index contributed by atoms with van der Waals surface area (Å²) < 4.78 is 29.5. The van der Waals surface area contributed by atoms with Gasteiger partial charge in [0.15, 0.2) is 5.16 Å². The Kier molecular flexibility index (Phi) is 4.36. The number of sulfonamides is 1. The van der Waals surface area contributed by atoms with E-state index in [1.807, 2.05) is 6.20 Å². The van der Waals surface area contributed by atoms with E-state index in [1.165, 1.54) is 18.2 Å². The van der Waals surface area contributed by atoms with Crippen LogP contribution in [0, 0.1) is 10.1 Å². The topological polar surface area (TPSA) is 107 Å². The van der Waals surface area contributed by atoms with E-state index in [9.17, 15) is 18.5 Å². The first kappa shape index (κ1) is 17.6. The summed E-state index contributed by atoms with van der Waals surface area (Å²) in [6.07, 6.45) is 1.98. The highest BCUT2D eigenvalue weighted by molar-refractivity contribution is 7.99. The smallest absolute Gasteiger partial charge is 0.270 e. The Morgan fingerprint density at radius 2 is 1.96 bits per heavy atom. The van der Waals surface area contributed by atoms with Gasteiger partial charge in [-0.25, -0.2) is 13.4 Å². The van der Waals surface area contributed by atoms with Gasteiger partial charge in [0.2, 0.25) is 0 Å². The van der Waals surface area contributed by atoms with Crippen molar-refractivity contribution in [3.63, 3.8) is 0 Å². The summed E-state index contributed by atoms with van der Waals surface area (Å²) in [5.41, 5.74) is 1.81. The molecule has 0 saturated heterocycles. The summed E-state index contributed by atoms with van der Waals surface area (Å²) in [7, 11) is -3.92. The zero-order valence-corrected chi connectivity index (χ0v) is 15.5. The van der Waals surface area contributed by atoms with Crippen LogP contribution >= 0.6 is 11.8 Å². The van der Waals surface area contributed by atoms with Crippen LogP contribution in [0.3, 0.4) is 0 Å². The molecule has 0 aliphatic carbocycles. The molecule has 0 fully saturated rings. The van der Waals surface area contributed by atoms with E-state index in [2.05, 4.69) is 14.3 Å². The Hall–Kier alpha value is -2.85. The second kappa shape index (κ2) is 6.71. The van der Waals surface area contributed by atoms with E-state index in [0.29, 0.717) is 5.69 Å². The lowest BCUT2D eigenvalue weighted by molar-refractivity contribution is -0.385. The molecule has 0 saturated carbocycles. The highest BCUT2D eigenvalue weighted by atomic mass is 32.2. The molecule has 0 spiro atoms. The third-order valence-corrected chi connectivity index (χ3v) is 6.42. The number of benzene rings is 2. The molecular weight excluding hydrogens is 388 g/mol. The van der Waals surface area contributed by atoms with Gasteiger partial charge < -0.3 is 4.57 Å². The van der Waals surface area contributed by atoms with Gasteiger partial charge in [-0.1, -0.05) is 30.0 Å². The third-order valence-electron chi connectivity index (χ3n) is 4.07.